The van der Waals surface area contributed by atoms with E-state index >= 15 is 0 Å². The van der Waals surface area contributed by atoms with E-state index in [9.17, 15) is 4.39 Å². The highest BCUT2D eigenvalue weighted by molar-refractivity contribution is 6.30. The molecule has 0 saturated carbocycles. The minimum atomic E-state index is -0.419. The molecule has 1 atom stereocenters. The molecule has 0 fully saturated rings. The van der Waals surface area contributed by atoms with Crippen LogP contribution in [0.15, 0.2) is 42.5 Å². The van der Waals surface area contributed by atoms with Crippen LogP contribution in [0, 0.1) is 5.82 Å². The Morgan fingerprint density at radius 3 is 2.33 bits per heavy atom. The van der Waals surface area contributed by atoms with E-state index in [1.54, 1.807) is 24.3 Å². The molecule has 4 heteroatoms. The standard InChI is InChI=1S/C14H12Cl2FN/c15-11-4-2-10(3-5-11)14(18)8-9-1-6-12(16)13(17)7-9/h1-7,14H,8,18H2. The van der Waals surface area contributed by atoms with Crippen molar-refractivity contribution in [2.75, 3.05) is 0 Å². The molecule has 0 spiro atoms. The predicted molar refractivity (Wildman–Crippen MR) is 73.5 cm³/mol. The minimum Gasteiger partial charge on any atom is -0.324 e. The summed E-state index contributed by atoms with van der Waals surface area (Å²) in [6.07, 6.45) is 0.551. The van der Waals surface area contributed by atoms with Crippen molar-refractivity contribution in [2.24, 2.45) is 5.73 Å². The molecular weight excluding hydrogens is 272 g/mol. The molecule has 2 aromatic carbocycles. The van der Waals surface area contributed by atoms with Crippen LogP contribution in [-0.2, 0) is 6.42 Å². The van der Waals surface area contributed by atoms with E-state index in [4.69, 9.17) is 28.9 Å². The Kier molecular flexibility index (Phi) is 4.23. The first-order valence-electron chi connectivity index (χ1n) is 5.51. The van der Waals surface area contributed by atoms with E-state index in [1.165, 1.54) is 6.07 Å². The van der Waals surface area contributed by atoms with Gasteiger partial charge in [0.2, 0.25) is 0 Å². The first-order chi connectivity index (χ1) is 8.56. The van der Waals surface area contributed by atoms with Crippen LogP contribution in [0.25, 0.3) is 0 Å². The topological polar surface area (TPSA) is 26.0 Å². The molecule has 2 N–H and O–H groups in total. The van der Waals surface area contributed by atoms with Crippen molar-refractivity contribution in [3.63, 3.8) is 0 Å². The Morgan fingerprint density at radius 2 is 1.72 bits per heavy atom. The van der Waals surface area contributed by atoms with Crippen molar-refractivity contribution >= 4 is 23.2 Å². The van der Waals surface area contributed by atoms with Crippen LogP contribution >= 0.6 is 23.2 Å². The lowest BCUT2D eigenvalue weighted by molar-refractivity contribution is 0.622. The Morgan fingerprint density at radius 1 is 1.06 bits per heavy atom. The average molecular weight is 284 g/mol. The first-order valence-corrected chi connectivity index (χ1v) is 6.27. The third kappa shape index (κ3) is 3.22. The first kappa shape index (κ1) is 13.3. The molecule has 18 heavy (non-hydrogen) atoms. The minimum absolute atomic E-state index is 0.124. The fourth-order valence-electron chi connectivity index (χ4n) is 1.75. The van der Waals surface area contributed by atoms with Gasteiger partial charge in [0.05, 0.1) is 5.02 Å². The van der Waals surface area contributed by atoms with Gasteiger partial charge >= 0.3 is 0 Å². The van der Waals surface area contributed by atoms with Gasteiger partial charge in [-0.3, -0.25) is 0 Å². The van der Waals surface area contributed by atoms with Crippen molar-refractivity contribution in [3.8, 4) is 0 Å². The summed E-state index contributed by atoms with van der Waals surface area (Å²) in [7, 11) is 0. The smallest absolute Gasteiger partial charge is 0.142 e. The van der Waals surface area contributed by atoms with Crippen molar-refractivity contribution < 1.29 is 4.39 Å². The molecule has 0 bridgehead atoms. The molecule has 0 saturated heterocycles. The molecule has 0 amide bonds. The maximum Gasteiger partial charge on any atom is 0.142 e. The Labute approximate surface area is 115 Å². The van der Waals surface area contributed by atoms with Gasteiger partial charge in [0.25, 0.3) is 0 Å². The number of rotatable bonds is 3. The Balaban J connectivity index is 2.13. The van der Waals surface area contributed by atoms with Gasteiger partial charge < -0.3 is 5.73 Å². The monoisotopic (exact) mass is 283 g/mol. The van der Waals surface area contributed by atoms with Gasteiger partial charge in [0, 0.05) is 11.1 Å². The highest BCUT2D eigenvalue weighted by atomic mass is 35.5. The number of hydrogen-bond acceptors (Lipinski definition) is 1. The molecule has 0 radical (unpaired) electrons. The Bertz CT molecular complexity index is 540. The van der Waals surface area contributed by atoms with Crippen LogP contribution in [0.2, 0.25) is 10.0 Å². The van der Waals surface area contributed by atoms with Crippen LogP contribution in [-0.4, -0.2) is 0 Å². The lowest BCUT2D eigenvalue weighted by Crippen LogP contribution is -2.13. The summed E-state index contributed by atoms with van der Waals surface area (Å²) in [6.45, 7) is 0. The van der Waals surface area contributed by atoms with E-state index in [0.29, 0.717) is 11.4 Å². The number of hydrogen-bond donors (Lipinski definition) is 1. The van der Waals surface area contributed by atoms with Crippen molar-refractivity contribution in [2.45, 2.75) is 12.5 Å². The van der Waals surface area contributed by atoms with Gasteiger partial charge in [0.15, 0.2) is 0 Å². The molecule has 0 aliphatic carbocycles. The molecule has 94 valence electrons. The maximum absolute atomic E-state index is 13.3. The summed E-state index contributed by atoms with van der Waals surface area (Å²) in [4.78, 5) is 0. The average Bonchev–Trinajstić information content (AvgIpc) is 2.34. The van der Waals surface area contributed by atoms with Gasteiger partial charge in [-0.2, -0.15) is 0 Å². The fourth-order valence-corrected chi connectivity index (χ4v) is 1.99. The summed E-state index contributed by atoms with van der Waals surface area (Å²) < 4.78 is 13.3. The van der Waals surface area contributed by atoms with Gasteiger partial charge in [-0.15, -0.1) is 0 Å². The molecule has 1 unspecified atom stereocenters. The lowest BCUT2D eigenvalue weighted by Gasteiger charge is -2.12. The molecule has 0 heterocycles. The molecule has 2 aromatic rings. The molecule has 2 rings (SSSR count). The van der Waals surface area contributed by atoms with Crippen molar-refractivity contribution in [1.29, 1.82) is 0 Å². The van der Waals surface area contributed by atoms with E-state index in [0.717, 1.165) is 11.1 Å². The summed E-state index contributed by atoms with van der Waals surface area (Å²) >= 11 is 11.4. The molecular formula is C14H12Cl2FN. The number of halogens is 3. The summed E-state index contributed by atoms with van der Waals surface area (Å²) in [5, 5.41) is 0.794. The SMILES string of the molecule is NC(Cc1ccc(Cl)c(F)c1)c1ccc(Cl)cc1. The highest BCUT2D eigenvalue weighted by Crippen LogP contribution is 2.21. The summed E-state index contributed by atoms with van der Waals surface area (Å²) in [6, 6.07) is 11.9. The predicted octanol–water partition coefficient (Wildman–Crippen LogP) is 4.38. The van der Waals surface area contributed by atoms with Gasteiger partial charge in [-0.25, -0.2) is 4.39 Å². The highest BCUT2D eigenvalue weighted by Gasteiger charge is 2.08. The van der Waals surface area contributed by atoms with E-state index in [-0.39, 0.29) is 11.1 Å². The van der Waals surface area contributed by atoms with E-state index in [2.05, 4.69) is 0 Å². The lowest BCUT2D eigenvalue weighted by atomic mass is 10.00. The molecule has 0 aromatic heterocycles. The van der Waals surface area contributed by atoms with Crippen molar-refractivity contribution in [3.05, 3.63) is 69.5 Å². The third-order valence-electron chi connectivity index (χ3n) is 2.74. The zero-order valence-corrected chi connectivity index (χ0v) is 11.0. The van der Waals surface area contributed by atoms with Crippen LogP contribution in [0.4, 0.5) is 4.39 Å². The van der Waals surface area contributed by atoms with Crippen molar-refractivity contribution in [1.82, 2.24) is 0 Å². The summed E-state index contributed by atoms with van der Waals surface area (Å²) in [5.41, 5.74) is 7.85. The molecule has 0 aliphatic rings. The Hall–Kier alpha value is -1.09. The third-order valence-corrected chi connectivity index (χ3v) is 3.30. The van der Waals surface area contributed by atoms with E-state index in [1.807, 2.05) is 12.1 Å². The zero-order chi connectivity index (χ0) is 13.1. The van der Waals surface area contributed by atoms with Gasteiger partial charge in [0.1, 0.15) is 5.82 Å². The normalized spacial score (nSPS) is 12.4. The maximum atomic E-state index is 13.3. The molecule has 1 nitrogen and oxygen atoms in total. The molecule has 0 aliphatic heterocycles. The second-order valence-electron chi connectivity index (χ2n) is 4.11. The van der Waals surface area contributed by atoms with Gasteiger partial charge in [-0.05, 0) is 41.8 Å². The van der Waals surface area contributed by atoms with Gasteiger partial charge in [-0.1, -0.05) is 41.4 Å². The fraction of sp³-hybridized carbons (Fsp3) is 0.143. The second-order valence-corrected chi connectivity index (χ2v) is 4.95. The van der Waals surface area contributed by atoms with E-state index < -0.39 is 5.82 Å². The van der Waals surface area contributed by atoms with Crippen LogP contribution in [0.3, 0.4) is 0 Å². The second kappa shape index (κ2) is 5.70. The number of benzene rings is 2. The van der Waals surface area contributed by atoms with Crippen LogP contribution in [0.1, 0.15) is 17.2 Å². The quantitative estimate of drug-likeness (QED) is 0.889. The largest absolute Gasteiger partial charge is 0.324 e. The van der Waals surface area contributed by atoms with Crippen LogP contribution < -0.4 is 5.73 Å². The summed E-state index contributed by atoms with van der Waals surface area (Å²) in [5.74, 6) is -0.419. The zero-order valence-electron chi connectivity index (χ0n) is 9.54. The van der Waals surface area contributed by atoms with Crippen LogP contribution in [0.5, 0.6) is 0 Å². The number of nitrogens with two attached hydrogens (primary N) is 1.